The smallest absolute Gasteiger partial charge is 0.336 e. The maximum atomic E-state index is 11.5. The van der Waals surface area contributed by atoms with Crippen LogP contribution in [0, 0.1) is 0 Å². The molecule has 0 saturated carbocycles. The second-order valence-electron chi connectivity index (χ2n) is 6.72. The zero-order chi connectivity index (χ0) is 19.2. The fraction of sp³-hybridized carbons (Fsp3) is 0.150. The van der Waals surface area contributed by atoms with Gasteiger partial charge in [0.15, 0.2) is 10.8 Å². The zero-order valence-corrected chi connectivity index (χ0v) is 16.2. The molecule has 7 heteroatoms. The van der Waals surface area contributed by atoms with Gasteiger partial charge in [0.25, 0.3) is 0 Å². The summed E-state index contributed by atoms with van der Waals surface area (Å²) in [4.78, 5) is 20.9. The van der Waals surface area contributed by atoms with Crippen molar-refractivity contribution in [1.82, 2.24) is 4.98 Å². The molecule has 0 saturated heterocycles. The molecule has 3 aromatic rings. The molecule has 0 bridgehead atoms. The molecule has 1 aliphatic heterocycles. The van der Waals surface area contributed by atoms with Crippen molar-refractivity contribution in [3.05, 3.63) is 69.0 Å². The highest BCUT2D eigenvalue weighted by molar-refractivity contribution is 7.12. The molecule has 1 aromatic heterocycles. The first-order valence-corrected chi connectivity index (χ1v) is 9.56. The summed E-state index contributed by atoms with van der Waals surface area (Å²) in [6.45, 7) is 4.07. The van der Waals surface area contributed by atoms with E-state index in [1.54, 1.807) is 24.3 Å². The van der Waals surface area contributed by atoms with Crippen molar-refractivity contribution >= 4 is 40.4 Å². The number of fused-ring (bicyclic) bond motifs is 1. The van der Waals surface area contributed by atoms with Gasteiger partial charge in [-0.25, -0.2) is 9.78 Å². The van der Waals surface area contributed by atoms with E-state index >= 15 is 0 Å². The number of carboxylic acid groups (broad SMARTS) is 1. The summed E-state index contributed by atoms with van der Waals surface area (Å²) in [5, 5.41) is 15.9. The van der Waals surface area contributed by atoms with Gasteiger partial charge in [0, 0.05) is 27.2 Å². The molecule has 0 radical (unpaired) electrons. The van der Waals surface area contributed by atoms with Gasteiger partial charge in [0.1, 0.15) is 0 Å². The third kappa shape index (κ3) is 3.22. The Kier molecular flexibility index (Phi) is 4.25. The van der Waals surface area contributed by atoms with Gasteiger partial charge in [-0.2, -0.15) is 0 Å². The molecule has 0 aliphatic carbocycles. The standard InChI is InChI=1S/C20H16ClN3O2S/c1-20(2)14-8-7-11(21)9-15(14)22-17(24-20)18-23-16(10-27-18)12-5-3-4-6-13(12)19(25)26/h3-10H,1-2H3,(H,22,24)(H,25,26). The number of benzene rings is 2. The van der Waals surface area contributed by atoms with Gasteiger partial charge in [-0.15, -0.1) is 11.3 Å². The molecule has 0 fully saturated rings. The van der Waals surface area contributed by atoms with Crippen molar-refractivity contribution in [2.24, 2.45) is 4.99 Å². The molecule has 27 heavy (non-hydrogen) atoms. The van der Waals surface area contributed by atoms with Crippen molar-refractivity contribution in [1.29, 1.82) is 0 Å². The summed E-state index contributed by atoms with van der Waals surface area (Å²) in [6.07, 6.45) is 0. The molecule has 1 aliphatic rings. The maximum Gasteiger partial charge on any atom is 0.336 e. The van der Waals surface area contributed by atoms with Crippen LogP contribution in [0.1, 0.15) is 34.8 Å². The number of halogens is 1. The summed E-state index contributed by atoms with van der Waals surface area (Å²) in [7, 11) is 0. The Balaban J connectivity index is 1.75. The number of aliphatic imine (C=N–C) groups is 1. The lowest BCUT2D eigenvalue weighted by molar-refractivity contribution is 0.0697. The van der Waals surface area contributed by atoms with E-state index in [1.165, 1.54) is 11.3 Å². The summed E-state index contributed by atoms with van der Waals surface area (Å²) < 4.78 is 0. The Labute approximate surface area is 165 Å². The molecular weight excluding hydrogens is 382 g/mol. The number of amidine groups is 1. The molecule has 0 atom stereocenters. The number of hydrogen-bond donors (Lipinski definition) is 2. The van der Waals surface area contributed by atoms with E-state index < -0.39 is 11.5 Å². The van der Waals surface area contributed by atoms with E-state index in [4.69, 9.17) is 16.6 Å². The van der Waals surface area contributed by atoms with Crippen LogP contribution in [0.3, 0.4) is 0 Å². The van der Waals surface area contributed by atoms with Crippen LogP contribution in [0.5, 0.6) is 0 Å². The molecule has 2 aromatic carbocycles. The molecule has 0 unspecified atom stereocenters. The second kappa shape index (κ2) is 6.48. The SMILES string of the molecule is CC1(C)N=C(c2nc(-c3ccccc3C(=O)O)cs2)Nc2cc(Cl)ccc21. The van der Waals surface area contributed by atoms with Gasteiger partial charge < -0.3 is 10.4 Å². The van der Waals surface area contributed by atoms with Crippen LogP contribution in [0.25, 0.3) is 11.3 Å². The molecule has 2 N–H and O–H groups in total. The number of hydrogen-bond acceptors (Lipinski definition) is 5. The van der Waals surface area contributed by atoms with Crippen LogP contribution in [-0.2, 0) is 5.54 Å². The Hall–Kier alpha value is -2.70. The minimum Gasteiger partial charge on any atom is -0.478 e. The number of carbonyl (C=O) groups is 1. The van der Waals surface area contributed by atoms with E-state index in [-0.39, 0.29) is 5.56 Å². The molecule has 4 rings (SSSR count). The van der Waals surface area contributed by atoms with Gasteiger partial charge in [-0.05, 0) is 32.0 Å². The van der Waals surface area contributed by atoms with Gasteiger partial charge in [-0.1, -0.05) is 35.9 Å². The quantitative estimate of drug-likeness (QED) is 0.631. The Morgan fingerprint density at radius 2 is 2.00 bits per heavy atom. The van der Waals surface area contributed by atoms with E-state index in [0.29, 0.717) is 27.1 Å². The molecule has 5 nitrogen and oxygen atoms in total. The largest absolute Gasteiger partial charge is 0.478 e. The number of nitrogens with zero attached hydrogens (tertiary/aromatic N) is 2. The van der Waals surface area contributed by atoms with Crippen molar-refractivity contribution in [3.8, 4) is 11.3 Å². The van der Waals surface area contributed by atoms with Crippen LogP contribution in [0.4, 0.5) is 5.69 Å². The third-order valence-electron chi connectivity index (χ3n) is 4.43. The monoisotopic (exact) mass is 397 g/mol. The molecule has 136 valence electrons. The predicted molar refractivity (Wildman–Crippen MR) is 109 cm³/mol. The number of carboxylic acids is 1. The van der Waals surface area contributed by atoms with Crippen LogP contribution < -0.4 is 5.32 Å². The minimum absolute atomic E-state index is 0.227. The number of nitrogens with one attached hydrogen (secondary N) is 1. The van der Waals surface area contributed by atoms with Crippen molar-refractivity contribution in [3.63, 3.8) is 0 Å². The predicted octanol–water partition coefficient (Wildman–Crippen LogP) is 5.27. The average Bonchev–Trinajstić information content (AvgIpc) is 3.10. The molecule has 0 spiro atoms. The number of aromatic carboxylic acids is 1. The highest BCUT2D eigenvalue weighted by atomic mass is 35.5. The first kappa shape index (κ1) is 17.7. The summed E-state index contributed by atoms with van der Waals surface area (Å²) in [5.74, 6) is -0.322. The first-order valence-electron chi connectivity index (χ1n) is 8.31. The number of thiazole rings is 1. The van der Waals surface area contributed by atoms with E-state index in [0.717, 1.165) is 11.3 Å². The molecular formula is C20H16ClN3O2S. The topological polar surface area (TPSA) is 74.6 Å². The van der Waals surface area contributed by atoms with E-state index in [1.807, 2.05) is 37.4 Å². The molecule has 0 amide bonds. The van der Waals surface area contributed by atoms with Crippen LogP contribution >= 0.6 is 22.9 Å². The van der Waals surface area contributed by atoms with E-state index in [2.05, 4.69) is 10.3 Å². The van der Waals surface area contributed by atoms with Gasteiger partial charge in [0.05, 0.1) is 16.8 Å². The zero-order valence-electron chi connectivity index (χ0n) is 14.7. The van der Waals surface area contributed by atoms with Gasteiger partial charge >= 0.3 is 5.97 Å². The lowest BCUT2D eigenvalue weighted by atomic mass is 9.92. The molecule has 2 heterocycles. The number of anilines is 1. The summed E-state index contributed by atoms with van der Waals surface area (Å²) in [6, 6.07) is 12.6. The summed E-state index contributed by atoms with van der Waals surface area (Å²) in [5.41, 5.74) is 2.97. The summed E-state index contributed by atoms with van der Waals surface area (Å²) >= 11 is 7.57. The Bertz CT molecular complexity index is 1090. The van der Waals surface area contributed by atoms with Crippen molar-refractivity contribution < 1.29 is 9.90 Å². The highest BCUT2D eigenvalue weighted by Crippen LogP contribution is 2.38. The lowest BCUT2D eigenvalue weighted by Crippen LogP contribution is -2.29. The Morgan fingerprint density at radius 3 is 2.78 bits per heavy atom. The third-order valence-corrected chi connectivity index (χ3v) is 5.51. The minimum atomic E-state index is -0.974. The maximum absolute atomic E-state index is 11.5. The average molecular weight is 398 g/mol. The van der Waals surface area contributed by atoms with Crippen LogP contribution in [0.2, 0.25) is 5.02 Å². The van der Waals surface area contributed by atoms with E-state index in [9.17, 15) is 9.90 Å². The number of rotatable bonds is 3. The highest BCUT2D eigenvalue weighted by Gasteiger charge is 2.30. The van der Waals surface area contributed by atoms with Crippen LogP contribution in [0.15, 0.2) is 52.8 Å². The fourth-order valence-electron chi connectivity index (χ4n) is 3.15. The lowest BCUT2D eigenvalue weighted by Gasteiger charge is -2.30. The van der Waals surface area contributed by atoms with Gasteiger partial charge in [-0.3, -0.25) is 4.99 Å². The van der Waals surface area contributed by atoms with Crippen molar-refractivity contribution in [2.45, 2.75) is 19.4 Å². The van der Waals surface area contributed by atoms with Crippen molar-refractivity contribution in [2.75, 3.05) is 5.32 Å². The van der Waals surface area contributed by atoms with Gasteiger partial charge in [0.2, 0.25) is 0 Å². The Morgan fingerprint density at radius 1 is 1.22 bits per heavy atom. The first-order chi connectivity index (χ1) is 12.8. The normalized spacial score (nSPS) is 14.9. The fourth-order valence-corrected chi connectivity index (χ4v) is 4.08. The second-order valence-corrected chi connectivity index (χ2v) is 8.02. The van der Waals surface area contributed by atoms with Crippen LogP contribution in [-0.4, -0.2) is 21.9 Å². The number of aromatic nitrogens is 1.